The highest BCUT2D eigenvalue weighted by Crippen LogP contribution is 2.12. The van der Waals surface area contributed by atoms with E-state index >= 15 is 0 Å². The van der Waals surface area contributed by atoms with Gasteiger partial charge in [-0.15, -0.1) is 0 Å². The summed E-state index contributed by atoms with van der Waals surface area (Å²) >= 11 is 0. The molecule has 0 heterocycles. The van der Waals surface area contributed by atoms with Gasteiger partial charge in [0, 0.05) is 12.8 Å². The van der Waals surface area contributed by atoms with E-state index in [0.29, 0.717) is 12.8 Å². The lowest BCUT2D eigenvalue weighted by Crippen LogP contribution is -2.30. The van der Waals surface area contributed by atoms with Crippen molar-refractivity contribution in [2.24, 2.45) is 0 Å². The topological polar surface area (TPSA) is 78.9 Å². The molecule has 0 radical (unpaired) electrons. The smallest absolute Gasteiger partial charge is 0.309 e. The molecule has 0 N–H and O–H groups in total. The molecular weight excluding hydrogens is 709 g/mol. The van der Waals surface area contributed by atoms with E-state index in [1.165, 1.54) is 38.5 Å². The Morgan fingerprint density at radius 2 is 0.754 bits per heavy atom. The number of allylic oxidation sites excluding steroid dienone is 17. The summed E-state index contributed by atoms with van der Waals surface area (Å²) in [4.78, 5) is 37.6. The Morgan fingerprint density at radius 3 is 1.23 bits per heavy atom. The normalized spacial score (nSPS) is 13.1. The predicted molar refractivity (Wildman–Crippen MR) is 242 cm³/mol. The van der Waals surface area contributed by atoms with Crippen LogP contribution in [-0.4, -0.2) is 37.2 Å². The van der Waals surface area contributed by atoms with E-state index in [1.54, 1.807) is 6.08 Å². The Hall–Kier alpha value is -3.93. The number of hydrogen-bond acceptors (Lipinski definition) is 6. The van der Waals surface area contributed by atoms with Crippen LogP contribution in [0.1, 0.15) is 175 Å². The zero-order chi connectivity index (χ0) is 41.5. The molecule has 0 aliphatic carbocycles. The number of ether oxygens (including phenoxy) is 3. The van der Waals surface area contributed by atoms with Crippen LogP contribution in [0.5, 0.6) is 0 Å². The van der Waals surface area contributed by atoms with Gasteiger partial charge in [-0.1, -0.05) is 182 Å². The number of carbonyl (C=O) groups is 3. The molecule has 0 fully saturated rings. The summed E-state index contributed by atoms with van der Waals surface area (Å²) in [6.07, 6.45) is 59.6. The molecule has 0 bridgehead atoms. The Balaban J connectivity index is 4.60. The van der Waals surface area contributed by atoms with Gasteiger partial charge in [0.25, 0.3) is 0 Å². The van der Waals surface area contributed by atoms with Gasteiger partial charge < -0.3 is 14.2 Å². The molecule has 0 aliphatic rings. The van der Waals surface area contributed by atoms with Crippen LogP contribution in [0.25, 0.3) is 0 Å². The van der Waals surface area contributed by atoms with Gasteiger partial charge in [0.05, 0.1) is 6.42 Å². The highest BCUT2D eigenvalue weighted by Gasteiger charge is 2.19. The minimum absolute atomic E-state index is 0.115. The largest absolute Gasteiger partial charge is 0.462 e. The fourth-order valence-corrected chi connectivity index (χ4v) is 5.50. The van der Waals surface area contributed by atoms with Gasteiger partial charge in [0.1, 0.15) is 13.2 Å². The number of carbonyl (C=O) groups excluding carboxylic acids is 3. The lowest BCUT2D eigenvalue weighted by atomic mass is 10.1. The fraction of sp³-hybridized carbons (Fsp3) is 0.588. The fourth-order valence-electron chi connectivity index (χ4n) is 5.50. The van der Waals surface area contributed by atoms with E-state index in [9.17, 15) is 14.4 Å². The number of unbranched alkanes of at least 4 members (excludes halogenated alkanes) is 10. The van der Waals surface area contributed by atoms with Gasteiger partial charge in [0.2, 0.25) is 0 Å². The molecule has 6 nitrogen and oxygen atoms in total. The van der Waals surface area contributed by atoms with E-state index in [1.807, 2.05) is 6.08 Å². The molecule has 0 saturated heterocycles. The van der Waals surface area contributed by atoms with Gasteiger partial charge in [-0.3, -0.25) is 14.4 Å². The minimum atomic E-state index is -0.837. The maximum absolute atomic E-state index is 12.7. The molecule has 0 amide bonds. The average Bonchev–Trinajstić information content (AvgIpc) is 3.21. The Morgan fingerprint density at radius 1 is 0.386 bits per heavy atom. The first kappa shape index (κ1) is 53.1. The summed E-state index contributed by atoms with van der Waals surface area (Å²) in [5.74, 6) is -1.12. The molecule has 57 heavy (non-hydrogen) atoms. The van der Waals surface area contributed by atoms with Crippen molar-refractivity contribution in [1.29, 1.82) is 0 Å². The third-order valence-electron chi connectivity index (χ3n) is 8.81. The molecule has 0 aliphatic heterocycles. The van der Waals surface area contributed by atoms with Gasteiger partial charge >= 0.3 is 17.9 Å². The first-order chi connectivity index (χ1) is 28.0. The summed E-state index contributed by atoms with van der Waals surface area (Å²) in [5, 5.41) is 0. The van der Waals surface area contributed by atoms with Crippen molar-refractivity contribution >= 4 is 17.9 Å². The van der Waals surface area contributed by atoms with Crippen LogP contribution in [0.15, 0.2) is 109 Å². The molecular formula is C51H80O6. The van der Waals surface area contributed by atoms with E-state index in [0.717, 1.165) is 89.9 Å². The van der Waals surface area contributed by atoms with Crippen molar-refractivity contribution < 1.29 is 28.6 Å². The first-order valence-electron chi connectivity index (χ1n) is 22.4. The van der Waals surface area contributed by atoms with Gasteiger partial charge in [0.15, 0.2) is 6.10 Å². The second kappa shape index (κ2) is 44.8. The molecule has 0 rings (SSSR count). The Kier molecular flexibility index (Phi) is 41.7. The van der Waals surface area contributed by atoms with Gasteiger partial charge in [-0.05, 0) is 83.5 Å². The first-order valence-corrected chi connectivity index (χ1v) is 22.4. The standard InChI is InChI=1S/C51H80O6/c1-4-7-10-13-16-19-21-23-25-27-29-32-35-38-41-44-50(53)56-47-48(46-55-49(52)43-40-37-34-31-18-15-12-9-6-3)57-51(54)45-42-39-36-33-30-28-26-24-22-20-17-14-11-8-5-2/h7-8,10-11,16-17,19-20,23-26,29-30,32-33,38,41,48H,4-6,9,12-15,18,21-22,27-28,31,34-37,39-40,42-47H2,1-3H3/b10-7-,11-8-,19-16-,20-17-,25-23-,26-24-,32-29-,33-30-,41-38-. The third-order valence-corrected chi connectivity index (χ3v) is 8.81. The quantitative estimate of drug-likeness (QED) is 0.0268. The molecule has 0 saturated carbocycles. The van der Waals surface area contributed by atoms with E-state index in [-0.39, 0.29) is 38.0 Å². The van der Waals surface area contributed by atoms with Crippen LogP contribution in [0.4, 0.5) is 0 Å². The average molecular weight is 789 g/mol. The molecule has 0 aromatic rings. The lowest BCUT2D eigenvalue weighted by molar-refractivity contribution is -0.166. The number of hydrogen-bond donors (Lipinski definition) is 0. The monoisotopic (exact) mass is 789 g/mol. The van der Waals surface area contributed by atoms with Crippen LogP contribution in [-0.2, 0) is 28.6 Å². The maximum atomic E-state index is 12.7. The van der Waals surface area contributed by atoms with Crippen LogP contribution in [0.2, 0.25) is 0 Å². The van der Waals surface area contributed by atoms with Crippen molar-refractivity contribution in [1.82, 2.24) is 0 Å². The molecule has 0 aromatic carbocycles. The number of esters is 3. The van der Waals surface area contributed by atoms with E-state index in [2.05, 4.69) is 118 Å². The van der Waals surface area contributed by atoms with Crippen LogP contribution >= 0.6 is 0 Å². The molecule has 0 aromatic heterocycles. The molecule has 0 spiro atoms. The Labute approximate surface area is 349 Å². The maximum Gasteiger partial charge on any atom is 0.309 e. The van der Waals surface area contributed by atoms with E-state index in [4.69, 9.17) is 14.2 Å². The van der Waals surface area contributed by atoms with Crippen molar-refractivity contribution in [3.8, 4) is 0 Å². The zero-order valence-electron chi connectivity index (χ0n) is 36.3. The van der Waals surface area contributed by atoms with E-state index < -0.39 is 12.1 Å². The van der Waals surface area contributed by atoms with Crippen LogP contribution in [0, 0.1) is 0 Å². The summed E-state index contributed by atoms with van der Waals surface area (Å²) in [6, 6.07) is 0. The number of rotatable bonds is 38. The van der Waals surface area contributed by atoms with Crippen molar-refractivity contribution in [3.05, 3.63) is 109 Å². The predicted octanol–water partition coefficient (Wildman–Crippen LogP) is 14.4. The molecule has 6 heteroatoms. The lowest BCUT2D eigenvalue weighted by Gasteiger charge is -2.18. The highest BCUT2D eigenvalue weighted by molar-refractivity contribution is 5.72. The molecule has 320 valence electrons. The summed E-state index contributed by atoms with van der Waals surface area (Å²) < 4.78 is 16.5. The summed E-state index contributed by atoms with van der Waals surface area (Å²) in [5.41, 5.74) is 0. The van der Waals surface area contributed by atoms with Crippen LogP contribution in [0.3, 0.4) is 0 Å². The van der Waals surface area contributed by atoms with Crippen molar-refractivity contribution in [3.63, 3.8) is 0 Å². The Bertz CT molecular complexity index is 1230. The highest BCUT2D eigenvalue weighted by atomic mass is 16.6. The molecule has 1 unspecified atom stereocenters. The van der Waals surface area contributed by atoms with Crippen molar-refractivity contribution in [2.75, 3.05) is 13.2 Å². The van der Waals surface area contributed by atoms with Gasteiger partial charge in [-0.2, -0.15) is 0 Å². The third kappa shape index (κ3) is 43.0. The summed E-state index contributed by atoms with van der Waals surface area (Å²) in [7, 11) is 0. The van der Waals surface area contributed by atoms with Crippen molar-refractivity contribution in [2.45, 2.75) is 181 Å². The molecule has 1 atom stereocenters. The van der Waals surface area contributed by atoms with Crippen LogP contribution < -0.4 is 0 Å². The zero-order valence-corrected chi connectivity index (χ0v) is 36.3. The second-order valence-electron chi connectivity index (χ2n) is 14.2. The summed E-state index contributed by atoms with van der Waals surface area (Å²) in [6.45, 7) is 6.23. The SMILES string of the molecule is CC/C=C\C/C=C\C/C=C\C/C=C\C/C=C\CC(=O)OCC(COC(=O)CCCCCCCCCCC)OC(=O)CCCC/C=C\C/C=C\C/C=C\C/C=C\CC. The van der Waals surface area contributed by atoms with Gasteiger partial charge in [-0.25, -0.2) is 0 Å². The minimum Gasteiger partial charge on any atom is -0.462 e. The second-order valence-corrected chi connectivity index (χ2v) is 14.2.